The molecule has 0 fully saturated rings. The molecular weight excluding hydrogens is 296 g/mol. The summed E-state index contributed by atoms with van der Waals surface area (Å²) in [6, 6.07) is 15.2. The van der Waals surface area contributed by atoms with E-state index in [1.165, 1.54) is 13.3 Å². The van der Waals surface area contributed by atoms with Gasteiger partial charge in [-0.1, -0.05) is 30.3 Å². The Hall–Kier alpha value is -3.02. The van der Waals surface area contributed by atoms with Crippen LogP contribution in [0.5, 0.6) is 11.5 Å². The van der Waals surface area contributed by atoms with Gasteiger partial charge in [-0.3, -0.25) is 0 Å². The van der Waals surface area contributed by atoms with E-state index in [0.717, 1.165) is 11.1 Å². The highest BCUT2D eigenvalue weighted by Crippen LogP contribution is 2.28. The Bertz CT molecular complexity index is 672. The first-order valence-electron chi connectivity index (χ1n) is 6.94. The Morgan fingerprint density at radius 2 is 1.91 bits per heavy atom. The van der Waals surface area contributed by atoms with Crippen molar-refractivity contribution in [1.29, 1.82) is 0 Å². The summed E-state index contributed by atoms with van der Waals surface area (Å²) in [6.45, 7) is 0.453. The maximum atomic E-state index is 10.9. The van der Waals surface area contributed by atoms with E-state index in [0.29, 0.717) is 18.1 Å². The van der Waals surface area contributed by atoms with E-state index in [1.54, 1.807) is 19.2 Å². The molecule has 0 aliphatic heterocycles. The molecule has 0 spiro atoms. The topological polar surface area (TPSA) is 69.2 Å². The van der Waals surface area contributed by atoms with Crippen LogP contribution in [0.4, 0.5) is 4.79 Å². The van der Waals surface area contributed by atoms with Gasteiger partial charge in [0, 0.05) is 0 Å². The van der Waals surface area contributed by atoms with Gasteiger partial charge in [0.1, 0.15) is 6.61 Å². The van der Waals surface area contributed by atoms with Crippen LogP contribution in [0.15, 0.2) is 53.6 Å². The van der Waals surface area contributed by atoms with E-state index >= 15 is 0 Å². The van der Waals surface area contributed by atoms with Crippen LogP contribution >= 0.6 is 0 Å². The van der Waals surface area contributed by atoms with Crippen molar-refractivity contribution in [2.75, 3.05) is 14.2 Å². The molecule has 0 saturated heterocycles. The fourth-order valence-corrected chi connectivity index (χ4v) is 1.82. The predicted molar refractivity (Wildman–Crippen MR) is 86.9 cm³/mol. The number of nitrogens with one attached hydrogen (secondary N) is 1. The number of methoxy groups -OCH3 is 2. The molecule has 1 amide bonds. The first-order valence-corrected chi connectivity index (χ1v) is 6.94. The van der Waals surface area contributed by atoms with Crippen molar-refractivity contribution in [2.45, 2.75) is 6.61 Å². The molecule has 120 valence electrons. The monoisotopic (exact) mass is 314 g/mol. The Kier molecular flexibility index (Phi) is 5.99. The minimum absolute atomic E-state index is 0.453. The van der Waals surface area contributed by atoms with Crippen LogP contribution in [-0.4, -0.2) is 26.5 Å². The lowest BCUT2D eigenvalue weighted by Gasteiger charge is -2.11. The molecule has 2 aromatic carbocycles. The number of hydrazone groups is 1. The Labute approximate surface area is 134 Å². The average Bonchev–Trinajstić information content (AvgIpc) is 2.61. The molecule has 0 bridgehead atoms. The van der Waals surface area contributed by atoms with Gasteiger partial charge in [0.2, 0.25) is 0 Å². The molecule has 0 radical (unpaired) electrons. The van der Waals surface area contributed by atoms with Gasteiger partial charge in [-0.25, -0.2) is 10.2 Å². The van der Waals surface area contributed by atoms with Crippen molar-refractivity contribution in [3.8, 4) is 11.5 Å². The molecule has 2 aromatic rings. The zero-order valence-corrected chi connectivity index (χ0v) is 13.0. The van der Waals surface area contributed by atoms with E-state index < -0.39 is 6.09 Å². The number of rotatable bonds is 6. The highest BCUT2D eigenvalue weighted by Gasteiger charge is 2.05. The van der Waals surface area contributed by atoms with Gasteiger partial charge in [-0.15, -0.1) is 0 Å². The SMILES string of the molecule is COC(=O)NN=Cc1ccc(OCc2ccccc2)c(OC)c1. The molecule has 0 saturated carbocycles. The molecule has 0 aliphatic carbocycles. The average molecular weight is 314 g/mol. The molecule has 0 atom stereocenters. The Balaban J connectivity index is 2.02. The van der Waals surface area contributed by atoms with Crippen LogP contribution < -0.4 is 14.9 Å². The van der Waals surface area contributed by atoms with Crippen molar-refractivity contribution in [3.63, 3.8) is 0 Å². The third-order valence-corrected chi connectivity index (χ3v) is 2.98. The third-order valence-electron chi connectivity index (χ3n) is 2.98. The number of nitrogens with zero attached hydrogens (tertiary/aromatic N) is 1. The smallest absolute Gasteiger partial charge is 0.427 e. The molecule has 0 heterocycles. The minimum Gasteiger partial charge on any atom is -0.493 e. The number of hydrogen-bond acceptors (Lipinski definition) is 5. The standard InChI is InChI=1S/C17H18N2O4/c1-21-16-10-14(11-18-19-17(20)22-2)8-9-15(16)23-12-13-6-4-3-5-7-13/h3-11H,12H2,1-2H3,(H,19,20). The highest BCUT2D eigenvalue weighted by molar-refractivity contribution is 5.82. The van der Waals surface area contributed by atoms with E-state index in [-0.39, 0.29) is 0 Å². The quantitative estimate of drug-likeness (QED) is 0.657. The second-order valence-corrected chi connectivity index (χ2v) is 4.55. The molecule has 6 heteroatoms. The summed E-state index contributed by atoms with van der Waals surface area (Å²) in [5.74, 6) is 1.22. The molecule has 2 rings (SSSR count). The number of amides is 1. The minimum atomic E-state index is -0.629. The van der Waals surface area contributed by atoms with Crippen molar-refractivity contribution < 1.29 is 19.0 Å². The zero-order chi connectivity index (χ0) is 16.5. The summed E-state index contributed by atoms with van der Waals surface area (Å²) < 4.78 is 15.5. The lowest BCUT2D eigenvalue weighted by molar-refractivity contribution is 0.171. The summed E-state index contributed by atoms with van der Waals surface area (Å²) in [7, 11) is 2.84. The van der Waals surface area contributed by atoms with Gasteiger partial charge < -0.3 is 14.2 Å². The maximum absolute atomic E-state index is 10.9. The van der Waals surface area contributed by atoms with Crippen LogP contribution in [0.1, 0.15) is 11.1 Å². The lowest BCUT2D eigenvalue weighted by atomic mass is 10.2. The van der Waals surface area contributed by atoms with Crippen LogP contribution in [0, 0.1) is 0 Å². The maximum Gasteiger partial charge on any atom is 0.427 e. The second kappa shape index (κ2) is 8.43. The number of carbonyl (C=O) groups is 1. The molecule has 0 aromatic heterocycles. The molecule has 1 N–H and O–H groups in total. The first kappa shape index (κ1) is 16.4. The fraction of sp³-hybridized carbons (Fsp3) is 0.176. The van der Waals surface area contributed by atoms with E-state index in [4.69, 9.17) is 9.47 Å². The number of carbonyl (C=O) groups excluding carboxylic acids is 1. The Morgan fingerprint density at radius 1 is 1.13 bits per heavy atom. The van der Waals surface area contributed by atoms with Gasteiger partial charge >= 0.3 is 6.09 Å². The summed E-state index contributed by atoms with van der Waals surface area (Å²) in [5.41, 5.74) is 4.04. The molecule has 6 nitrogen and oxygen atoms in total. The molecule has 0 aliphatic rings. The zero-order valence-electron chi connectivity index (χ0n) is 13.0. The fourth-order valence-electron chi connectivity index (χ4n) is 1.82. The summed E-state index contributed by atoms with van der Waals surface area (Å²) >= 11 is 0. The van der Waals surface area contributed by atoms with Gasteiger partial charge in [-0.2, -0.15) is 5.10 Å². The van der Waals surface area contributed by atoms with Gasteiger partial charge in [0.15, 0.2) is 11.5 Å². The van der Waals surface area contributed by atoms with E-state index in [2.05, 4.69) is 15.3 Å². The van der Waals surface area contributed by atoms with Crippen molar-refractivity contribution in [1.82, 2.24) is 5.43 Å². The first-order chi connectivity index (χ1) is 11.2. The number of hydrogen-bond donors (Lipinski definition) is 1. The van der Waals surface area contributed by atoms with E-state index in [9.17, 15) is 4.79 Å². The van der Waals surface area contributed by atoms with Crippen molar-refractivity contribution in [2.24, 2.45) is 5.10 Å². The molecular formula is C17H18N2O4. The largest absolute Gasteiger partial charge is 0.493 e. The number of benzene rings is 2. The normalized spacial score (nSPS) is 10.3. The summed E-state index contributed by atoms with van der Waals surface area (Å²) in [5, 5.41) is 3.77. The summed E-state index contributed by atoms with van der Waals surface area (Å²) in [6.07, 6.45) is 0.858. The van der Waals surface area contributed by atoms with E-state index in [1.807, 2.05) is 36.4 Å². The van der Waals surface area contributed by atoms with Gasteiger partial charge in [0.05, 0.1) is 20.4 Å². The second-order valence-electron chi connectivity index (χ2n) is 4.55. The molecule has 0 unspecified atom stereocenters. The van der Waals surface area contributed by atoms with Crippen LogP contribution in [-0.2, 0) is 11.3 Å². The highest BCUT2D eigenvalue weighted by atomic mass is 16.5. The third kappa shape index (κ3) is 5.03. The van der Waals surface area contributed by atoms with Crippen molar-refractivity contribution in [3.05, 3.63) is 59.7 Å². The van der Waals surface area contributed by atoms with Crippen LogP contribution in [0.25, 0.3) is 0 Å². The predicted octanol–water partition coefficient (Wildman–Crippen LogP) is 2.96. The van der Waals surface area contributed by atoms with Gasteiger partial charge in [-0.05, 0) is 29.3 Å². The molecule has 23 heavy (non-hydrogen) atoms. The Morgan fingerprint density at radius 3 is 2.61 bits per heavy atom. The summed E-state index contributed by atoms with van der Waals surface area (Å²) in [4.78, 5) is 10.9. The lowest BCUT2D eigenvalue weighted by Crippen LogP contribution is -2.16. The van der Waals surface area contributed by atoms with Crippen LogP contribution in [0.3, 0.4) is 0 Å². The van der Waals surface area contributed by atoms with Crippen molar-refractivity contribution >= 4 is 12.3 Å². The van der Waals surface area contributed by atoms with Gasteiger partial charge in [0.25, 0.3) is 0 Å². The number of ether oxygens (including phenoxy) is 3. The van der Waals surface area contributed by atoms with Crippen LogP contribution in [0.2, 0.25) is 0 Å².